The molecule has 1 amide bonds. The van der Waals surface area contributed by atoms with Gasteiger partial charge in [-0.1, -0.05) is 51.3 Å². The number of rotatable bonds is 2. The van der Waals surface area contributed by atoms with Crippen LogP contribution in [0.15, 0.2) is 40.9 Å². The molecule has 2 aromatic rings. The van der Waals surface area contributed by atoms with Crippen LogP contribution in [0.1, 0.15) is 15.9 Å². The third-order valence-corrected chi connectivity index (χ3v) is 4.43. The molecule has 0 atom stereocenters. The molecule has 0 bridgehead atoms. The van der Waals surface area contributed by atoms with Gasteiger partial charge < -0.3 is 0 Å². The lowest BCUT2D eigenvalue weighted by atomic mass is 10.1. The zero-order chi connectivity index (χ0) is 15.1. The molecule has 3 nitrogen and oxygen atoms in total. The van der Waals surface area contributed by atoms with Gasteiger partial charge in [0.1, 0.15) is 0 Å². The van der Waals surface area contributed by atoms with Crippen LogP contribution in [0.5, 0.6) is 0 Å². The van der Waals surface area contributed by atoms with Gasteiger partial charge in [-0.3, -0.25) is 14.5 Å². The van der Waals surface area contributed by atoms with Gasteiger partial charge in [0, 0.05) is 9.50 Å². The predicted octanol–water partition coefficient (Wildman–Crippen LogP) is 4.49. The summed E-state index contributed by atoms with van der Waals surface area (Å²) in [6.07, 6.45) is 0. The minimum Gasteiger partial charge on any atom is -0.299 e. The van der Waals surface area contributed by atoms with E-state index in [9.17, 15) is 9.59 Å². The molecule has 0 N–H and O–H groups in total. The zero-order valence-electron chi connectivity index (χ0n) is 10.6. The molecule has 0 aromatic heterocycles. The lowest BCUT2D eigenvalue weighted by Crippen LogP contribution is -2.29. The molecule has 0 saturated carbocycles. The minimum absolute atomic E-state index is 0.202. The number of fused-ring (bicyclic) bond motifs is 1. The molecule has 2 aromatic carbocycles. The molecular weight excluding hydrogens is 377 g/mol. The van der Waals surface area contributed by atoms with E-state index < -0.39 is 11.7 Å². The maximum Gasteiger partial charge on any atom is 0.299 e. The second kappa shape index (κ2) is 5.44. The molecule has 0 spiro atoms. The van der Waals surface area contributed by atoms with Gasteiger partial charge in [-0.25, -0.2) is 0 Å². The second-order valence-electron chi connectivity index (χ2n) is 4.59. The maximum absolute atomic E-state index is 12.2. The van der Waals surface area contributed by atoms with Crippen LogP contribution in [0.25, 0.3) is 0 Å². The molecule has 0 saturated heterocycles. The zero-order valence-corrected chi connectivity index (χ0v) is 13.7. The fourth-order valence-corrected chi connectivity index (χ4v) is 3.29. The molecule has 21 heavy (non-hydrogen) atoms. The Hall–Kier alpha value is -1.36. The molecule has 3 rings (SSSR count). The quantitative estimate of drug-likeness (QED) is 0.715. The largest absolute Gasteiger partial charge is 0.299 e. The summed E-state index contributed by atoms with van der Waals surface area (Å²) in [6.45, 7) is 0.202. The normalized spacial score (nSPS) is 13.8. The lowest BCUT2D eigenvalue weighted by Gasteiger charge is -2.18. The van der Waals surface area contributed by atoms with E-state index in [4.69, 9.17) is 23.2 Å². The maximum atomic E-state index is 12.2. The van der Waals surface area contributed by atoms with Crippen molar-refractivity contribution < 1.29 is 9.59 Å². The van der Waals surface area contributed by atoms with Crippen molar-refractivity contribution in [2.45, 2.75) is 6.54 Å². The van der Waals surface area contributed by atoms with Gasteiger partial charge in [0.25, 0.3) is 11.7 Å². The van der Waals surface area contributed by atoms with Crippen molar-refractivity contribution in [3.05, 3.63) is 62.0 Å². The number of halogens is 3. The van der Waals surface area contributed by atoms with Crippen molar-refractivity contribution in [2.24, 2.45) is 0 Å². The number of Topliss-reactive ketones (excluding diaryl/α,β-unsaturated/α-hetero) is 1. The topological polar surface area (TPSA) is 37.4 Å². The molecule has 0 aliphatic carbocycles. The Morgan fingerprint density at radius 2 is 1.81 bits per heavy atom. The van der Waals surface area contributed by atoms with Crippen LogP contribution in [0, 0.1) is 0 Å². The fraction of sp³-hybridized carbons (Fsp3) is 0.0667. The van der Waals surface area contributed by atoms with Gasteiger partial charge in [-0.15, -0.1) is 0 Å². The number of anilines is 1. The Balaban J connectivity index is 2.04. The highest BCUT2D eigenvalue weighted by Crippen LogP contribution is 2.37. The van der Waals surface area contributed by atoms with Crippen LogP contribution < -0.4 is 4.90 Å². The number of carbonyl (C=O) groups is 2. The monoisotopic (exact) mass is 383 g/mol. The van der Waals surface area contributed by atoms with Crippen LogP contribution in [-0.2, 0) is 11.3 Å². The Kier molecular flexibility index (Phi) is 3.78. The van der Waals surface area contributed by atoms with Crippen molar-refractivity contribution in [1.29, 1.82) is 0 Å². The molecule has 1 aliphatic rings. The van der Waals surface area contributed by atoms with Crippen LogP contribution in [-0.4, -0.2) is 11.7 Å². The number of amides is 1. The third-order valence-electron chi connectivity index (χ3n) is 3.28. The number of benzene rings is 2. The van der Waals surface area contributed by atoms with Gasteiger partial charge in [0.2, 0.25) is 0 Å². The average Bonchev–Trinajstić information content (AvgIpc) is 2.68. The number of carbonyl (C=O) groups excluding carboxylic acids is 2. The number of hydrogen-bond acceptors (Lipinski definition) is 2. The Labute approximate surface area is 139 Å². The van der Waals surface area contributed by atoms with E-state index >= 15 is 0 Å². The number of ketones is 1. The van der Waals surface area contributed by atoms with E-state index in [1.165, 1.54) is 4.90 Å². The lowest BCUT2D eigenvalue weighted by molar-refractivity contribution is -0.114. The van der Waals surface area contributed by atoms with E-state index in [0.717, 1.165) is 10.0 Å². The Morgan fingerprint density at radius 3 is 2.52 bits per heavy atom. The van der Waals surface area contributed by atoms with Crippen LogP contribution in [0.3, 0.4) is 0 Å². The Morgan fingerprint density at radius 1 is 1.05 bits per heavy atom. The summed E-state index contributed by atoms with van der Waals surface area (Å²) in [5, 5.41) is 0.894. The summed E-state index contributed by atoms with van der Waals surface area (Å²) in [7, 11) is 0. The van der Waals surface area contributed by atoms with E-state index in [-0.39, 0.29) is 6.54 Å². The highest BCUT2D eigenvalue weighted by Gasteiger charge is 2.37. The first-order valence-corrected chi connectivity index (χ1v) is 7.62. The van der Waals surface area contributed by atoms with Crippen molar-refractivity contribution in [1.82, 2.24) is 0 Å². The van der Waals surface area contributed by atoms with Crippen molar-refractivity contribution in [3.63, 3.8) is 0 Å². The Bertz CT molecular complexity index is 776. The average molecular weight is 385 g/mol. The summed E-state index contributed by atoms with van der Waals surface area (Å²) in [4.78, 5) is 25.5. The molecule has 1 aliphatic heterocycles. The van der Waals surface area contributed by atoms with E-state index in [1.54, 1.807) is 30.3 Å². The smallest absolute Gasteiger partial charge is 0.299 e. The van der Waals surface area contributed by atoms with Crippen molar-refractivity contribution in [3.8, 4) is 0 Å². The summed E-state index contributed by atoms with van der Waals surface area (Å²) >= 11 is 15.6. The SMILES string of the molecule is O=C1C(=O)N(Cc2ccc(Br)cc2Cl)c2c(Cl)cccc21. The molecule has 0 unspecified atom stereocenters. The van der Waals surface area contributed by atoms with Crippen molar-refractivity contribution in [2.75, 3.05) is 4.90 Å². The standard InChI is InChI=1S/C15H8BrCl2NO2/c16-9-5-4-8(12(18)6-9)7-19-13-10(14(20)15(19)21)2-1-3-11(13)17/h1-6H,7H2. The first-order chi connectivity index (χ1) is 9.99. The highest BCUT2D eigenvalue weighted by atomic mass is 79.9. The first-order valence-electron chi connectivity index (χ1n) is 6.07. The molecule has 6 heteroatoms. The summed E-state index contributed by atoms with van der Waals surface area (Å²) in [5.74, 6) is -1.13. The van der Waals surface area contributed by atoms with Crippen molar-refractivity contribution >= 4 is 56.5 Å². The van der Waals surface area contributed by atoms with Gasteiger partial charge in [-0.2, -0.15) is 0 Å². The third kappa shape index (κ3) is 2.48. The van der Waals surface area contributed by atoms with E-state index in [1.807, 2.05) is 6.07 Å². The van der Waals surface area contributed by atoms with E-state index in [2.05, 4.69) is 15.9 Å². The summed E-state index contributed by atoms with van der Waals surface area (Å²) in [5.41, 5.74) is 1.53. The molecule has 0 radical (unpaired) electrons. The van der Waals surface area contributed by atoms with E-state index in [0.29, 0.717) is 21.3 Å². The van der Waals surface area contributed by atoms with Crippen LogP contribution in [0.4, 0.5) is 5.69 Å². The predicted molar refractivity (Wildman–Crippen MR) is 86.1 cm³/mol. The number of para-hydroxylation sites is 1. The van der Waals surface area contributed by atoms with Crippen LogP contribution >= 0.6 is 39.1 Å². The van der Waals surface area contributed by atoms with Gasteiger partial charge in [0.05, 0.1) is 22.8 Å². The van der Waals surface area contributed by atoms with Gasteiger partial charge in [-0.05, 0) is 29.8 Å². The number of hydrogen-bond donors (Lipinski definition) is 0. The fourth-order valence-electron chi connectivity index (χ4n) is 2.28. The summed E-state index contributed by atoms with van der Waals surface area (Å²) in [6, 6.07) is 10.3. The highest BCUT2D eigenvalue weighted by molar-refractivity contribution is 9.10. The van der Waals surface area contributed by atoms with Gasteiger partial charge >= 0.3 is 0 Å². The molecule has 1 heterocycles. The van der Waals surface area contributed by atoms with Crippen LogP contribution in [0.2, 0.25) is 10.0 Å². The second-order valence-corrected chi connectivity index (χ2v) is 6.32. The number of nitrogens with zero attached hydrogens (tertiary/aromatic N) is 1. The van der Waals surface area contributed by atoms with Gasteiger partial charge in [0.15, 0.2) is 0 Å². The summed E-state index contributed by atoms with van der Waals surface area (Å²) < 4.78 is 0.846. The molecular formula is C15H8BrCl2NO2. The first kappa shape index (κ1) is 14.6. The minimum atomic E-state index is -0.586. The molecule has 0 fully saturated rings. The molecule has 106 valence electrons.